The summed E-state index contributed by atoms with van der Waals surface area (Å²) in [5, 5.41) is 2.44. The van der Waals surface area contributed by atoms with Gasteiger partial charge in [0.1, 0.15) is 5.75 Å². The summed E-state index contributed by atoms with van der Waals surface area (Å²) in [5.41, 5.74) is -0.669. The molecule has 4 nitrogen and oxygen atoms in total. The fourth-order valence-electron chi connectivity index (χ4n) is 1.85. The Morgan fingerprint density at radius 2 is 1.96 bits per heavy atom. The van der Waals surface area contributed by atoms with Gasteiger partial charge in [-0.05, 0) is 44.2 Å². The number of rotatable bonds is 4. The van der Waals surface area contributed by atoms with Crippen molar-refractivity contribution >= 4 is 11.6 Å². The molecule has 1 aromatic heterocycles. The van der Waals surface area contributed by atoms with Crippen molar-refractivity contribution in [1.29, 1.82) is 0 Å². The van der Waals surface area contributed by atoms with Gasteiger partial charge in [-0.2, -0.15) is 13.2 Å². The fraction of sp³-hybridized carbons (Fsp3) is 0.250. The van der Waals surface area contributed by atoms with E-state index in [1.165, 1.54) is 24.5 Å². The second-order valence-electron chi connectivity index (χ2n) is 5.07. The number of benzene rings is 1. The number of nitrogens with zero attached hydrogens (tertiary/aromatic N) is 1. The molecule has 0 aliphatic rings. The highest BCUT2D eigenvalue weighted by Crippen LogP contribution is 2.35. The molecule has 24 heavy (non-hydrogen) atoms. The Bertz CT molecular complexity index is 691. The van der Waals surface area contributed by atoms with Crippen molar-refractivity contribution in [3.05, 3.63) is 53.9 Å². The van der Waals surface area contributed by atoms with E-state index in [-0.39, 0.29) is 35.5 Å². The number of ether oxygens (including phenoxy) is 1. The van der Waals surface area contributed by atoms with Crippen LogP contribution in [0.2, 0.25) is 0 Å². The van der Waals surface area contributed by atoms with Crippen molar-refractivity contribution in [3.8, 4) is 5.75 Å². The van der Waals surface area contributed by atoms with Crippen molar-refractivity contribution in [2.45, 2.75) is 26.1 Å². The lowest BCUT2D eigenvalue weighted by molar-refractivity contribution is -0.137. The lowest BCUT2D eigenvalue weighted by Crippen LogP contribution is -3.00. The Hall–Kier alpha value is -2.28. The third kappa shape index (κ3) is 5.13. The van der Waals surface area contributed by atoms with Gasteiger partial charge in [0.2, 0.25) is 0 Å². The summed E-state index contributed by atoms with van der Waals surface area (Å²) in [5.74, 6) is -0.392. The molecule has 0 bridgehead atoms. The monoisotopic (exact) mass is 359 g/mol. The first-order valence-electron chi connectivity index (χ1n) is 6.86. The predicted molar refractivity (Wildman–Crippen MR) is 79.4 cm³/mol. The largest absolute Gasteiger partial charge is 1.00 e. The lowest BCUT2D eigenvalue weighted by atomic mass is 10.1. The molecule has 8 heteroatoms. The van der Waals surface area contributed by atoms with E-state index in [2.05, 4.69) is 10.3 Å². The summed E-state index contributed by atoms with van der Waals surface area (Å²) < 4.78 is 44.0. The fourth-order valence-corrected chi connectivity index (χ4v) is 1.85. The normalized spacial score (nSPS) is 10.9. The Kier molecular flexibility index (Phi) is 6.60. The van der Waals surface area contributed by atoms with E-state index in [4.69, 9.17) is 4.74 Å². The first-order chi connectivity index (χ1) is 10.8. The van der Waals surface area contributed by atoms with E-state index < -0.39 is 17.6 Å². The van der Waals surface area contributed by atoms with Crippen LogP contribution < -0.4 is 22.5 Å². The third-order valence-corrected chi connectivity index (χ3v) is 2.84. The quantitative estimate of drug-likeness (QED) is 0.891. The molecule has 0 unspecified atom stereocenters. The molecule has 1 N–H and O–H groups in total. The average molecular weight is 360 g/mol. The molecule has 1 amide bonds. The Labute approximate surface area is 143 Å². The van der Waals surface area contributed by atoms with Gasteiger partial charge in [-0.3, -0.25) is 9.78 Å². The van der Waals surface area contributed by atoms with E-state index in [9.17, 15) is 18.0 Å². The topological polar surface area (TPSA) is 51.2 Å². The number of carbonyl (C=O) groups excluding carboxylic acids is 1. The van der Waals surface area contributed by atoms with Crippen molar-refractivity contribution in [1.82, 2.24) is 4.98 Å². The van der Waals surface area contributed by atoms with Gasteiger partial charge in [0.05, 0.1) is 22.9 Å². The molecule has 130 valence electrons. The zero-order valence-electron chi connectivity index (χ0n) is 12.9. The van der Waals surface area contributed by atoms with Crippen LogP contribution in [0.1, 0.15) is 29.8 Å². The Morgan fingerprint density at radius 3 is 2.50 bits per heavy atom. The minimum Gasteiger partial charge on any atom is -1.00 e. The first-order valence-corrected chi connectivity index (χ1v) is 6.86. The first kappa shape index (κ1) is 19.8. The van der Waals surface area contributed by atoms with E-state index in [1.807, 2.05) is 0 Å². The summed E-state index contributed by atoms with van der Waals surface area (Å²) in [6, 6.07) is 6.04. The minimum atomic E-state index is -4.51. The number of amides is 1. The van der Waals surface area contributed by atoms with Crippen LogP contribution >= 0.6 is 0 Å². The SMILES string of the molecule is CC(C)Oc1ccc(C(F)(F)F)cc1NC(=O)c1cccnc1.[Cl-]. The standard InChI is InChI=1S/C16H15F3N2O2.ClH/c1-10(2)23-14-6-5-12(16(17,18)19)8-13(14)21-15(22)11-4-3-7-20-9-11;/h3-10H,1-2H3,(H,21,22);1H/p-1. The third-order valence-electron chi connectivity index (χ3n) is 2.84. The number of carbonyl (C=O) groups is 1. The summed E-state index contributed by atoms with van der Waals surface area (Å²) in [4.78, 5) is 15.9. The van der Waals surface area contributed by atoms with E-state index in [0.29, 0.717) is 0 Å². The molecule has 0 saturated heterocycles. The number of hydrogen-bond acceptors (Lipinski definition) is 3. The minimum absolute atomic E-state index is 0. The second-order valence-corrected chi connectivity index (χ2v) is 5.07. The molecule has 0 saturated carbocycles. The molecule has 0 aliphatic heterocycles. The number of nitrogens with one attached hydrogen (secondary N) is 1. The highest BCUT2D eigenvalue weighted by Gasteiger charge is 2.31. The van der Waals surface area contributed by atoms with Gasteiger partial charge >= 0.3 is 6.18 Å². The molecule has 1 aromatic carbocycles. The number of aromatic nitrogens is 1. The second kappa shape index (κ2) is 8.01. The summed E-state index contributed by atoms with van der Waals surface area (Å²) >= 11 is 0. The van der Waals surface area contributed by atoms with Gasteiger partial charge in [-0.1, -0.05) is 0 Å². The van der Waals surface area contributed by atoms with Crippen molar-refractivity contribution < 1.29 is 35.1 Å². The molecule has 2 aromatic rings. The van der Waals surface area contributed by atoms with Gasteiger partial charge in [0, 0.05) is 12.4 Å². The molecule has 0 atom stereocenters. The smallest absolute Gasteiger partial charge is 0.416 e. The van der Waals surface area contributed by atoms with Crippen LogP contribution in [0.4, 0.5) is 18.9 Å². The van der Waals surface area contributed by atoms with Crippen LogP contribution in [0, 0.1) is 0 Å². The lowest BCUT2D eigenvalue weighted by Gasteiger charge is -2.17. The molecular weight excluding hydrogens is 345 g/mol. The van der Waals surface area contributed by atoms with Gasteiger partial charge in [-0.15, -0.1) is 0 Å². The molecule has 0 spiro atoms. The van der Waals surface area contributed by atoms with Crippen molar-refractivity contribution in [2.75, 3.05) is 5.32 Å². The zero-order chi connectivity index (χ0) is 17.0. The van der Waals surface area contributed by atoms with Gasteiger partial charge in [-0.25, -0.2) is 0 Å². The van der Waals surface area contributed by atoms with Crippen molar-refractivity contribution in [2.24, 2.45) is 0 Å². The number of hydrogen-bond donors (Lipinski definition) is 1. The van der Waals surface area contributed by atoms with Crippen LogP contribution in [-0.4, -0.2) is 17.0 Å². The predicted octanol–water partition coefficient (Wildman–Crippen LogP) is 1.14. The van der Waals surface area contributed by atoms with Crippen LogP contribution in [0.15, 0.2) is 42.7 Å². The van der Waals surface area contributed by atoms with Crippen molar-refractivity contribution in [3.63, 3.8) is 0 Å². The zero-order valence-corrected chi connectivity index (χ0v) is 13.7. The number of anilines is 1. The highest BCUT2D eigenvalue weighted by molar-refractivity contribution is 6.04. The van der Waals surface area contributed by atoms with E-state index in [0.717, 1.165) is 12.1 Å². The highest BCUT2D eigenvalue weighted by atomic mass is 35.5. The maximum Gasteiger partial charge on any atom is 0.416 e. The van der Waals surface area contributed by atoms with E-state index >= 15 is 0 Å². The molecule has 0 fully saturated rings. The molecule has 2 rings (SSSR count). The molecule has 1 heterocycles. The Morgan fingerprint density at radius 1 is 1.25 bits per heavy atom. The average Bonchev–Trinajstić information content (AvgIpc) is 2.48. The van der Waals surface area contributed by atoms with Crippen LogP contribution in [0.5, 0.6) is 5.75 Å². The summed E-state index contributed by atoms with van der Waals surface area (Å²) in [6.07, 6.45) is -1.94. The maximum absolute atomic E-state index is 12.9. The molecular formula is C16H15ClF3N2O2-. The van der Waals surface area contributed by atoms with Crippen LogP contribution in [0.25, 0.3) is 0 Å². The number of halogens is 4. The van der Waals surface area contributed by atoms with Gasteiger partial charge in [0.15, 0.2) is 0 Å². The summed E-state index contributed by atoms with van der Waals surface area (Å²) in [6.45, 7) is 3.48. The maximum atomic E-state index is 12.9. The van der Waals surface area contributed by atoms with E-state index in [1.54, 1.807) is 19.9 Å². The number of alkyl halides is 3. The van der Waals surface area contributed by atoms with Crippen LogP contribution in [0.3, 0.4) is 0 Å². The van der Waals surface area contributed by atoms with Crippen LogP contribution in [-0.2, 0) is 6.18 Å². The van der Waals surface area contributed by atoms with Gasteiger partial charge < -0.3 is 22.5 Å². The van der Waals surface area contributed by atoms with Gasteiger partial charge in [0.25, 0.3) is 5.91 Å². The molecule has 0 radical (unpaired) electrons. The number of pyridine rings is 1. The Balaban J connectivity index is 0.00000288. The summed E-state index contributed by atoms with van der Waals surface area (Å²) in [7, 11) is 0. The molecule has 0 aliphatic carbocycles.